The van der Waals surface area contributed by atoms with E-state index in [-0.39, 0.29) is 5.78 Å². The zero-order chi connectivity index (χ0) is 12.0. The van der Waals surface area contributed by atoms with E-state index >= 15 is 0 Å². The minimum Gasteiger partial charge on any atom is -0.478 e. The van der Waals surface area contributed by atoms with Crippen molar-refractivity contribution in [3.63, 3.8) is 0 Å². The molecule has 0 aromatic heterocycles. The van der Waals surface area contributed by atoms with Crippen molar-refractivity contribution >= 4 is 23.5 Å². The number of hydrogen-bond acceptors (Lipinski definition) is 3. The van der Waals surface area contributed by atoms with Crippen LogP contribution in [0.2, 0.25) is 0 Å². The Balaban J connectivity index is 2.60. The van der Waals surface area contributed by atoms with E-state index in [0.717, 1.165) is 17.3 Å². The lowest BCUT2D eigenvalue weighted by Crippen LogP contribution is -2.09. The lowest BCUT2D eigenvalue weighted by atomic mass is 10.2. The third kappa shape index (κ3) is 4.41. The van der Waals surface area contributed by atoms with Crippen LogP contribution in [0.25, 0.3) is 6.08 Å². The molecule has 0 bridgehead atoms. The highest BCUT2D eigenvalue weighted by Gasteiger charge is 1.94. The first-order chi connectivity index (χ1) is 7.58. The van der Waals surface area contributed by atoms with Gasteiger partial charge in [0.15, 0.2) is 0 Å². The molecule has 0 heterocycles. The van der Waals surface area contributed by atoms with E-state index in [1.54, 1.807) is 24.3 Å². The van der Waals surface area contributed by atoms with Crippen LogP contribution in [0.5, 0.6) is 0 Å². The Morgan fingerprint density at radius 2 is 1.94 bits per heavy atom. The fourth-order valence-corrected chi connectivity index (χ4v) is 1.11. The number of anilines is 1. The van der Waals surface area contributed by atoms with Crippen LogP contribution in [-0.4, -0.2) is 23.4 Å². The first kappa shape index (κ1) is 12.0. The summed E-state index contributed by atoms with van der Waals surface area (Å²) in [5, 5.41) is 11.4. The summed E-state index contributed by atoms with van der Waals surface area (Å²) in [6.07, 6.45) is 2.59. The summed E-state index contributed by atoms with van der Waals surface area (Å²) in [5.41, 5.74) is 1.64. The molecular formula is C12H13NO3. The lowest BCUT2D eigenvalue weighted by molar-refractivity contribution is -0.131. The fraction of sp³-hybridized carbons (Fsp3) is 0.167. The predicted octanol–water partition coefficient (Wildman–Crippen LogP) is 1.79. The van der Waals surface area contributed by atoms with Crippen LogP contribution in [-0.2, 0) is 9.59 Å². The van der Waals surface area contributed by atoms with E-state index in [4.69, 9.17) is 5.11 Å². The minimum absolute atomic E-state index is 0.0647. The Kier molecular flexibility index (Phi) is 4.27. The maximum absolute atomic E-state index is 10.7. The van der Waals surface area contributed by atoms with Crippen LogP contribution in [0, 0.1) is 0 Å². The lowest BCUT2D eigenvalue weighted by Gasteiger charge is -2.03. The van der Waals surface area contributed by atoms with Crippen molar-refractivity contribution in [1.82, 2.24) is 0 Å². The van der Waals surface area contributed by atoms with E-state index in [1.807, 2.05) is 0 Å². The van der Waals surface area contributed by atoms with Crippen LogP contribution < -0.4 is 5.32 Å². The highest BCUT2D eigenvalue weighted by Crippen LogP contribution is 2.10. The van der Waals surface area contributed by atoms with Crippen molar-refractivity contribution < 1.29 is 14.7 Å². The molecule has 0 unspecified atom stereocenters. The Morgan fingerprint density at radius 3 is 2.44 bits per heavy atom. The summed E-state index contributed by atoms with van der Waals surface area (Å²) in [5.74, 6) is -0.909. The van der Waals surface area contributed by atoms with Gasteiger partial charge in [-0.05, 0) is 30.7 Å². The van der Waals surface area contributed by atoms with E-state index < -0.39 is 5.97 Å². The smallest absolute Gasteiger partial charge is 0.328 e. The van der Waals surface area contributed by atoms with Crippen LogP contribution >= 0.6 is 0 Å². The van der Waals surface area contributed by atoms with Gasteiger partial charge in [0.1, 0.15) is 5.78 Å². The zero-order valence-corrected chi connectivity index (χ0v) is 8.93. The van der Waals surface area contributed by atoms with Crippen LogP contribution in [0.3, 0.4) is 0 Å². The molecule has 0 aliphatic rings. The summed E-state index contributed by atoms with van der Waals surface area (Å²) < 4.78 is 0. The SMILES string of the molecule is CC(=O)CNc1ccc(C=CC(=O)O)cc1. The number of Topliss-reactive ketones (excluding diaryl/α,β-unsaturated/α-hetero) is 1. The van der Waals surface area contributed by atoms with Gasteiger partial charge >= 0.3 is 5.97 Å². The summed E-state index contributed by atoms with van der Waals surface area (Å²) in [7, 11) is 0. The summed E-state index contributed by atoms with van der Waals surface area (Å²) >= 11 is 0. The molecule has 4 heteroatoms. The molecule has 84 valence electrons. The van der Waals surface area contributed by atoms with E-state index in [1.165, 1.54) is 13.0 Å². The van der Waals surface area contributed by atoms with Gasteiger partial charge in [-0.25, -0.2) is 4.79 Å². The largest absolute Gasteiger partial charge is 0.478 e. The molecule has 0 aliphatic carbocycles. The number of ketones is 1. The molecule has 2 N–H and O–H groups in total. The number of carboxylic acids is 1. The molecule has 0 fully saturated rings. The summed E-state index contributed by atoms with van der Waals surface area (Å²) in [4.78, 5) is 21.0. The highest BCUT2D eigenvalue weighted by molar-refractivity contribution is 5.85. The normalized spacial score (nSPS) is 10.3. The molecule has 0 saturated heterocycles. The second-order valence-corrected chi connectivity index (χ2v) is 3.35. The Bertz CT molecular complexity index is 407. The average molecular weight is 219 g/mol. The van der Waals surface area contributed by atoms with E-state index in [9.17, 15) is 9.59 Å². The van der Waals surface area contributed by atoms with Gasteiger partial charge in [0, 0.05) is 11.8 Å². The quantitative estimate of drug-likeness (QED) is 0.741. The van der Waals surface area contributed by atoms with Crippen molar-refractivity contribution in [1.29, 1.82) is 0 Å². The van der Waals surface area contributed by atoms with Crippen molar-refractivity contribution in [3.05, 3.63) is 35.9 Å². The molecule has 0 radical (unpaired) electrons. The van der Waals surface area contributed by atoms with E-state index in [0.29, 0.717) is 6.54 Å². The number of aliphatic carboxylic acids is 1. The molecule has 4 nitrogen and oxygen atoms in total. The fourth-order valence-electron chi connectivity index (χ4n) is 1.11. The zero-order valence-electron chi connectivity index (χ0n) is 8.93. The number of carbonyl (C=O) groups excluding carboxylic acids is 1. The number of carboxylic acid groups (broad SMARTS) is 1. The van der Waals surface area contributed by atoms with Crippen LogP contribution in [0.1, 0.15) is 12.5 Å². The molecule has 0 amide bonds. The van der Waals surface area contributed by atoms with Gasteiger partial charge in [-0.3, -0.25) is 4.79 Å². The van der Waals surface area contributed by atoms with Gasteiger partial charge in [-0.2, -0.15) is 0 Å². The Morgan fingerprint density at radius 1 is 1.31 bits per heavy atom. The third-order valence-corrected chi connectivity index (χ3v) is 1.87. The molecule has 1 aromatic carbocycles. The van der Waals surface area contributed by atoms with Crippen molar-refractivity contribution in [3.8, 4) is 0 Å². The second-order valence-electron chi connectivity index (χ2n) is 3.35. The van der Waals surface area contributed by atoms with Gasteiger partial charge in [0.05, 0.1) is 6.54 Å². The van der Waals surface area contributed by atoms with Gasteiger partial charge in [0.2, 0.25) is 0 Å². The van der Waals surface area contributed by atoms with Gasteiger partial charge in [0.25, 0.3) is 0 Å². The first-order valence-electron chi connectivity index (χ1n) is 4.82. The number of hydrogen-bond donors (Lipinski definition) is 2. The summed E-state index contributed by atoms with van der Waals surface area (Å²) in [6, 6.07) is 7.15. The van der Waals surface area contributed by atoms with Crippen molar-refractivity contribution in [2.75, 3.05) is 11.9 Å². The monoisotopic (exact) mass is 219 g/mol. The standard InChI is InChI=1S/C12H13NO3/c1-9(14)8-13-11-5-2-10(3-6-11)4-7-12(15)16/h2-7,13H,8H2,1H3,(H,15,16). The third-order valence-electron chi connectivity index (χ3n) is 1.87. The van der Waals surface area contributed by atoms with Gasteiger partial charge < -0.3 is 10.4 Å². The van der Waals surface area contributed by atoms with Crippen molar-refractivity contribution in [2.45, 2.75) is 6.92 Å². The molecular weight excluding hydrogens is 206 g/mol. The molecule has 1 rings (SSSR count). The Hall–Kier alpha value is -2.10. The molecule has 0 spiro atoms. The second kappa shape index (κ2) is 5.70. The average Bonchev–Trinajstić information content (AvgIpc) is 2.25. The van der Waals surface area contributed by atoms with Crippen LogP contribution in [0.15, 0.2) is 30.3 Å². The molecule has 16 heavy (non-hydrogen) atoms. The predicted molar refractivity (Wildman–Crippen MR) is 62.3 cm³/mol. The number of nitrogens with one attached hydrogen (secondary N) is 1. The van der Waals surface area contributed by atoms with Gasteiger partial charge in [-0.1, -0.05) is 12.1 Å². The molecule has 0 aliphatic heterocycles. The highest BCUT2D eigenvalue weighted by atomic mass is 16.4. The summed E-state index contributed by atoms with van der Waals surface area (Å²) in [6.45, 7) is 1.81. The van der Waals surface area contributed by atoms with E-state index in [2.05, 4.69) is 5.32 Å². The number of rotatable bonds is 5. The maximum atomic E-state index is 10.7. The first-order valence-corrected chi connectivity index (χ1v) is 4.82. The van der Waals surface area contributed by atoms with Crippen molar-refractivity contribution in [2.24, 2.45) is 0 Å². The number of benzene rings is 1. The minimum atomic E-state index is -0.973. The Labute approximate surface area is 93.6 Å². The maximum Gasteiger partial charge on any atom is 0.328 e. The molecule has 1 aromatic rings. The van der Waals surface area contributed by atoms with Gasteiger partial charge in [-0.15, -0.1) is 0 Å². The van der Waals surface area contributed by atoms with Crippen LogP contribution in [0.4, 0.5) is 5.69 Å². The molecule has 0 saturated carbocycles. The molecule has 0 atom stereocenters. The number of carbonyl (C=O) groups is 2. The topological polar surface area (TPSA) is 66.4 Å².